The van der Waals surface area contributed by atoms with E-state index in [1.165, 1.54) is 34.5 Å². The van der Waals surface area contributed by atoms with Crippen molar-refractivity contribution in [1.82, 2.24) is 9.80 Å². The van der Waals surface area contributed by atoms with Crippen LogP contribution < -0.4 is 10.6 Å². The van der Waals surface area contributed by atoms with Crippen molar-refractivity contribution in [3.05, 3.63) is 108 Å². The van der Waals surface area contributed by atoms with E-state index in [2.05, 4.69) is 10.6 Å². The Morgan fingerprint density at radius 2 is 1.02 bits per heavy atom. The van der Waals surface area contributed by atoms with E-state index < -0.39 is 35.3 Å². The molecular formula is C31H32F4N4O4. The summed E-state index contributed by atoms with van der Waals surface area (Å²) in [4.78, 5) is 28.8. The Kier molecular flexibility index (Phi) is 11.2. The lowest BCUT2D eigenvalue weighted by molar-refractivity contribution is 0.201. The lowest BCUT2D eigenvalue weighted by Crippen LogP contribution is -2.35. The fraction of sp³-hybridized carbons (Fsp3) is 0.290. The van der Waals surface area contributed by atoms with Gasteiger partial charge in [0.1, 0.15) is 34.8 Å². The molecule has 0 saturated heterocycles. The van der Waals surface area contributed by atoms with Gasteiger partial charge in [0, 0.05) is 25.2 Å². The van der Waals surface area contributed by atoms with E-state index in [1.807, 2.05) is 0 Å². The maximum atomic E-state index is 14.1. The van der Waals surface area contributed by atoms with Crippen LogP contribution in [0, 0.1) is 23.3 Å². The van der Waals surface area contributed by atoms with Crippen LogP contribution in [0.15, 0.2) is 82.0 Å². The molecule has 2 heterocycles. The van der Waals surface area contributed by atoms with E-state index in [0.717, 1.165) is 31.4 Å². The predicted octanol–water partition coefficient (Wildman–Crippen LogP) is 8.15. The van der Waals surface area contributed by atoms with Gasteiger partial charge in [0.25, 0.3) is 0 Å². The van der Waals surface area contributed by atoms with Gasteiger partial charge in [-0.1, -0.05) is 19.3 Å². The fourth-order valence-electron chi connectivity index (χ4n) is 4.39. The lowest BCUT2D eigenvalue weighted by atomic mass is 10.1. The topological polar surface area (TPSA) is 91.0 Å². The minimum atomic E-state index is -0.871. The van der Waals surface area contributed by atoms with Gasteiger partial charge in [-0.3, -0.25) is 0 Å². The first kappa shape index (κ1) is 31.2. The van der Waals surface area contributed by atoms with Crippen molar-refractivity contribution >= 4 is 23.4 Å². The summed E-state index contributed by atoms with van der Waals surface area (Å²) >= 11 is 0. The minimum Gasteiger partial charge on any atom is -0.467 e. The second-order valence-corrected chi connectivity index (χ2v) is 9.88. The number of hydrogen-bond acceptors (Lipinski definition) is 4. The molecule has 0 aliphatic heterocycles. The van der Waals surface area contributed by atoms with Crippen molar-refractivity contribution in [1.29, 1.82) is 0 Å². The summed E-state index contributed by atoms with van der Waals surface area (Å²) in [5, 5.41) is 4.97. The molecule has 0 spiro atoms. The number of nitrogens with one attached hydrogen (secondary N) is 2. The average molecular weight is 601 g/mol. The number of nitrogens with zero attached hydrogens (tertiary/aromatic N) is 2. The van der Waals surface area contributed by atoms with Gasteiger partial charge < -0.3 is 29.3 Å². The molecule has 4 amide bonds. The summed E-state index contributed by atoms with van der Waals surface area (Å²) in [7, 11) is 0. The second kappa shape index (κ2) is 15.5. The maximum Gasteiger partial charge on any atom is 0.322 e. The highest BCUT2D eigenvalue weighted by Gasteiger charge is 2.19. The monoisotopic (exact) mass is 600 g/mol. The van der Waals surface area contributed by atoms with Gasteiger partial charge in [-0.15, -0.1) is 0 Å². The molecule has 0 saturated carbocycles. The molecule has 43 heavy (non-hydrogen) atoms. The highest BCUT2D eigenvalue weighted by atomic mass is 19.1. The lowest BCUT2D eigenvalue weighted by Gasteiger charge is -2.23. The highest BCUT2D eigenvalue weighted by molar-refractivity contribution is 5.90. The Morgan fingerprint density at radius 3 is 1.40 bits per heavy atom. The number of rotatable bonds is 14. The van der Waals surface area contributed by atoms with E-state index in [0.29, 0.717) is 49.6 Å². The molecular weight excluding hydrogens is 568 g/mol. The third kappa shape index (κ3) is 9.66. The Labute approximate surface area is 246 Å². The van der Waals surface area contributed by atoms with Crippen molar-refractivity contribution in [2.24, 2.45) is 0 Å². The molecule has 2 aromatic carbocycles. The fourth-order valence-corrected chi connectivity index (χ4v) is 4.39. The molecule has 4 aromatic rings. The number of carbonyl (C=O) groups excluding carboxylic acids is 2. The quantitative estimate of drug-likeness (QED) is 0.113. The van der Waals surface area contributed by atoms with E-state index >= 15 is 0 Å². The van der Waals surface area contributed by atoms with Crippen molar-refractivity contribution < 1.29 is 36.0 Å². The largest absolute Gasteiger partial charge is 0.467 e. The van der Waals surface area contributed by atoms with Crippen LogP contribution in [-0.2, 0) is 13.1 Å². The first-order chi connectivity index (χ1) is 20.8. The summed E-state index contributed by atoms with van der Waals surface area (Å²) in [6.45, 7) is 1.08. The van der Waals surface area contributed by atoms with Crippen molar-refractivity contribution in [2.75, 3.05) is 23.7 Å². The van der Waals surface area contributed by atoms with Gasteiger partial charge in [-0.2, -0.15) is 0 Å². The van der Waals surface area contributed by atoms with E-state index in [1.54, 1.807) is 24.3 Å². The molecule has 0 aliphatic carbocycles. The summed E-state index contributed by atoms with van der Waals surface area (Å²) in [5.41, 5.74) is -0.248. The maximum absolute atomic E-state index is 14.1. The third-order valence-electron chi connectivity index (χ3n) is 6.63. The van der Waals surface area contributed by atoms with Crippen LogP contribution in [0.3, 0.4) is 0 Å². The normalized spacial score (nSPS) is 10.9. The number of furan rings is 2. The molecule has 228 valence electrons. The van der Waals surface area contributed by atoms with Gasteiger partial charge in [0.2, 0.25) is 0 Å². The first-order valence-electron chi connectivity index (χ1n) is 13.8. The van der Waals surface area contributed by atoms with Gasteiger partial charge in [0.15, 0.2) is 0 Å². The van der Waals surface area contributed by atoms with Gasteiger partial charge >= 0.3 is 12.1 Å². The Balaban J connectivity index is 1.25. The van der Waals surface area contributed by atoms with Crippen LogP contribution in [0.5, 0.6) is 0 Å². The number of urea groups is 2. The highest BCUT2D eigenvalue weighted by Crippen LogP contribution is 2.19. The zero-order chi connectivity index (χ0) is 30.6. The molecule has 12 heteroatoms. The number of amides is 4. The SMILES string of the molecule is O=C(Nc1ccc(F)cc1F)N(CCCCCCCN(Cc1ccco1)C(=O)Nc1ccc(F)cc1F)Cc1ccco1. The van der Waals surface area contributed by atoms with Crippen LogP contribution in [0.1, 0.15) is 43.6 Å². The first-order valence-corrected chi connectivity index (χ1v) is 13.8. The number of carbonyl (C=O) groups is 2. The standard InChI is InChI=1S/C31H32F4N4O4/c32-22-10-12-28(26(34)18-22)36-30(40)38(20-24-8-6-16-42-24)14-4-2-1-3-5-15-39(21-25-9-7-17-43-25)31(41)37-29-13-11-23(33)19-27(29)35/h6-13,16-19H,1-5,14-15,20-21H2,(H,36,40)(H,37,41). The molecule has 2 aromatic heterocycles. The number of anilines is 2. The van der Waals surface area contributed by atoms with Gasteiger partial charge in [-0.25, -0.2) is 27.2 Å². The van der Waals surface area contributed by atoms with E-state index in [-0.39, 0.29) is 24.5 Å². The number of halogens is 4. The zero-order valence-corrected chi connectivity index (χ0v) is 23.3. The van der Waals surface area contributed by atoms with Crippen LogP contribution in [-0.4, -0.2) is 35.0 Å². The Hall–Kier alpha value is -4.74. The molecule has 4 rings (SSSR count). The van der Waals surface area contributed by atoms with Crippen molar-refractivity contribution in [3.8, 4) is 0 Å². The molecule has 0 bridgehead atoms. The van der Waals surface area contributed by atoms with E-state index in [4.69, 9.17) is 8.83 Å². The average Bonchev–Trinajstić information content (AvgIpc) is 3.69. The smallest absolute Gasteiger partial charge is 0.322 e. The van der Waals surface area contributed by atoms with Crippen LogP contribution in [0.2, 0.25) is 0 Å². The molecule has 0 aliphatic rings. The summed E-state index contributed by atoms with van der Waals surface area (Å²) in [6, 6.07) is 11.7. The number of hydrogen-bond donors (Lipinski definition) is 2. The van der Waals surface area contributed by atoms with Gasteiger partial charge in [-0.05, 0) is 61.4 Å². The van der Waals surface area contributed by atoms with E-state index in [9.17, 15) is 27.2 Å². The summed E-state index contributed by atoms with van der Waals surface area (Å²) < 4.78 is 65.4. The molecule has 2 N–H and O–H groups in total. The van der Waals surface area contributed by atoms with Crippen LogP contribution in [0.25, 0.3) is 0 Å². The molecule has 0 unspecified atom stereocenters. The molecule has 0 atom stereocenters. The molecule has 8 nitrogen and oxygen atoms in total. The number of benzene rings is 2. The zero-order valence-electron chi connectivity index (χ0n) is 23.3. The predicted molar refractivity (Wildman–Crippen MR) is 152 cm³/mol. The van der Waals surface area contributed by atoms with Crippen molar-refractivity contribution in [2.45, 2.75) is 45.2 Å². The number of unbranched alkanes of at least 4 members (excludes halogenated alkanes) is 4. The second-order valence-electron chi connectivity index (χ2n) is 9.88. The van der Waals surface area contributed by atoms with Crippen LogP contribution >= 0.6 is 0 Å². The summed E-state index contributed by atoms with van der Waals surface area (Å²) in [5.74, 6) is -2.10. The Morgan fingerprint density at radius 1 is 0.605 bits per heavy atom. The van der Waals surface area contributed by atoms with Crippen molar-refractivity contribution in [3.63, 3.8) is 0 Å². The third-order valence-corrected chi connectivity index (χ3v) is 6.63. The molecule has 0 fully saturated rings. The molecule has 0 radical (unpaired) electrons. The van der Waals surface area contributed by atoms with Gasteiger partial charge in [0.05, 0.1) is 37.0 Å². The minimum absolute atomic E-state index is 0.124. The van der Waals surface area contributed by atoms with Crippen LogP contribution in [0.4, 0.5) is 38.5 Å². The Bertz CT molecular complexity index is 1350. The summed E-state index contributed by atoms with van der Waals surface area (Å²) in [6.07, 6.45) is 6.66.